The number of aliphatic carboxylic acids is 1. The molecule has 16 heavy (non-hydrogen) atoms. The lowest BCUT2D eigenvalue weighted by atomic mass is 9.49. The van der Waals surface area contributed by atoms with E-state index >= 15 is 0 Å². The van der Waals surface area contributed by atoms with Gasteiger partial charge < -0.3 is 10.8 Å². The van der Waals surface area contributed by atoms with Crippen molar-refractivity contribution in [1.82, 2.24) is 0 Å². The van der Waals surface area contributed by atoms with Crippen LogP contribution in [0.15, 0.2) is 0 Å². The van der Waals surface area contributed by atoms with Crippen molar-refractivity contribution in [3.05, 3.63) is 0 Å². The largest absolute Gasteiger partial charge is 0.481 e. The SMILES string of the molecule is NCC(C(=O)O)C1C2CC3CC(C2)CC1C3. The van der Waals surface area contributed by atoms with Crippen LogP contribution in [0.25, 0.3) is 0 Å². The molecule has 0 radical (unpaired) electrons. The van der Waals surface area contributed by atoms with E-state index in [0.717, 1.165) is 11.8 Å². The van der Waals surface area contributed by atoms with Gasteiger partial charge in [0, 0.05) is 6.54 Å². The normalized spacial score (nSPS) is 46.9. The molecule has 0 aromatic heterocycles. The molecule has 4 aliphatic carbocycles. The second-order valence-electron chi connectivity index (χ2n) is 6.19. The third kappa shape index (κ3) is 1.48. The van der Waals surface area contributed by atoms with E-state index in [-0.39, 0.29) is 5.92 Å². The Morgan fingerprint density at radius 3 is 2.00 bits per heavy atom. The maximum atomic E-state index is 11.3. The van der Waals surface area contributed by atoms with Gasteiger partial charge in [-0.05, 0) is 61.7 Å². The van der Waals surface area contributed by atoms with Crippen LogP contribution in [0.4, 0.5) is 0 Å². The van der Waals surface area contributed by atoms with Crippen molar-refractivity contribution in [2.45, 2.75) is 32.1 Å². The van der Waals surface area contributed by atoms with Crippen LogP contribution in [0.5, 0.6) is 0 Å². The zero-order valence-corrected chi connectivity index (χ0v) is 9.64. The van der Waals surface area contributed by atoms with Crippen molar-refractivity contribution in [3.8, 4) is 0 Å². The van der Waals surface area contributed by atoms with Crippen molar-refractivity contribution >= 4 is 5.97 Å². The summed E-state index contributed by atoms with van der Waals surface area (Å²) in [6.45, 7) is 0.322. The third-order valence-corrected chi connectivity index (χ3v) is 5.34. The average molecular weight is 223 g/mol. The average Bonchev–Trinajstić information content (AvgIpc) is 2.21. The molecule has 0 saturated heterocycles. The predicted octanol–water partition coefficient (Wildman–Crippen LogP) is 1.72. The molecule has 0 spiro atoms. The molecule has 0 amide bonds. The smallest absolute Gasteiger partial charge is 0.308 e. The number of hydrogen-bond donors (Lipinski definition) is 2. The van der Waals surface area contributed by atoms with E-state index in [1.165, 1.54) is 32.1 Å². The van der Waals surface area contributed by atoms with E-state index in [2.05, 4.69) is 0 Å². The fourth-order valence-corrected chi connectivity index (χ4v) is 5.05. The Balaban J connectivity index is 1.83. The van der Waals surface area contributed by atoms with Gasteiger partial charge >= 0.3 is 5.97 Å². The highest BCUT2D eigenvalue weighted by atomic mass is 16.4. The van der Waals surface area contributed by atoms with E-state index < -0.39 is 5.97 Å². The summed E-state index contributed by atoms with van der Waals surface area (Å²) in [5.41, 5.74) is 5.67. The van der Waals surface area contributed by atoms with Crippen molar-refractivity contribution in [2.75, 3.05) is 6.54 Å². The van der Waals surface area contributed by atoms with Crippen LogP contribution in [0, 0.1) is 35.5 Å². The van der Waals surface area contributed by atoms with Crippen LogP contribution >= 0.6 is 0 Å². The fraction of sp³-hybridized carbons (Fsp3) is 0.923. The van der Waals surface area contributed by atoms with Crippen molar-refractivity contribution < 1.29 is 9.90 Å². The number of carbonyl (C=O) groups is 1. The molecular weight excluding hydrogens is 202 g/mol. The minimum absolute atomic E-state index is 0.282. The lowest BCUT2D eigenvalue weighted by Crippen LogP contribution is -2.50. The Morgan fingerprint density at radius 1 is 1.12 bits per heavy atom. The van der Waals surface area contributed by atoms with Crippen LogP contribution in [0.2, 0.25) is 0 Å². The van der Waals surface area contributed by atoms with Gasteiger partial charge in [-0.1, -0.05) is 0 Å². The lowest BCUT2D eigenvalue weighted by molar-refractivity contribution is -0.150. The Morgan fingerprint density at radius 2 is 1.62 bits per heavy atom. The van der Waals surface area contributed by atoms with Crippen LogP contribution in [-0.4, -0.2) is 17.6 Å². The summed E-state index contributed by atoms with van der Waals surface area (Å²) in [4.78, 5) is 11.3. The quantitative estimate of drug-likeness (QED) is 0.765. The zero-order chi connectivity index (χ0) is 11.3. The number of carboxylic acids is 1. The molecule has 4 aliphatic rings. The topological polar surface area (TPSA) is 63.3 Å². The molecule has 1 unspecified atom stereocenters. The second kappa shape index (κ2) is 3.73. The van der Waals surface area contributed by atoms with Gasteiger partial charge in [-0.15, -0.1) is 0 Å². The first-order valence-electron chi connectivity index (χ1n) is 6.62. The van der Waals surface area contributed by atoms with Crippen LogP contribution in [0.3, 0.4) is 0 Å². The first-order valence-corrected chi connectivity index (χ1v) is 6.62. The molecular formula is C13H21NO2. The van der Waals surface area contributed by atoms with E-state index in [4.69, 9.17) is 5.73 Å². The van der Waals surface area contributed by atoms with Crippen molar-refractivity contribution in [1.29, 1.82) is 0 Å². The lowest BCUT2D eigenvalue weighted by Gasteiger charge is -2.55. The molecule has 1 atom stereocenters. The Labute approximate surface area is 96.4 Å². The standard InChI is InChI=1S/C13H21NO2/c14-6-11(13(15)16)12-9-2-7-1-8(4-9)5-10(12)3-7/h7-12H,1-6,14H2,(H,15,16). The van der Waals surface area contributed by atoms with Gasteiger partial charge in [0.15, 0.2) is 0 Å². The Bertz CT molecular complexity index is 274. The fourth-order valence-electron chi connectivity index (χ4n) is 5.05. The minimum Gasteiger partial charge on any atom is -0.481 e. The summed E-state index contributed by atoms with van der Waals surface area (Å²) in [7, 11) is 0. The molecule has 0 aromatic rings. The highest BCUT2D eigenvalue weighted by Gasteiger charge is 2.51. The van der Waals surface area contributed by atoms with Gasteiger partial charge in [0.2, 0.25) is 0 Å². The minimum atomic E-state index is -0.667. The van der Waals surface area contributed by atoms with Gasteiger partial charge in [-0.25, -0.2) is 0 Å². The van der Waals surface area contributed by atoms with E-state index in [1.54, 1.807) is 0 Å². The molecule has 3 N–H and O–H groups in total. The summed E-state index contributed by atoms with van der Waals surface area (Å²) in [5.74, 6) is 2.59. The summed E-state index contributed by atoms with van der Waals surface area (Å²) >= 11 is 0. The van der Waals surface area contributed by atoms with E-state index in [0.29, 0.717) is 24.3 Å². The Kier molecular flexibility index (Phi) is 2.46. The number of hydrogen-bond acceptors (Lipinski definition) is 2. The highest BCUT2D eigenvalue weighted by Crippen LogP contribution is 2.58. The monoisotopic (exact) mass is 223 g/mol. The molecule has 4 saturated carbocycles. The van der Waals surface area contributed by atoms with Crippen molar-refractivity contribution in [2.24, 2.45) is 41.2 Å². The van der Waals surface area contributed by atoms with Crippen molar-refractivity contribution in [3.63, 3.8) is 0 Å². The molecule has 3 nitrogen and oxygen atoms in total. The molecule has 0 aliphatic heterocycles. The summed E-state index contributed by atoms with van der Waals surface area (Å²) in [6, 6.07) is 0. The van der Waals surface area contributed by atoms with E-state index in [9.17, 15) is 9.90 Å². The zero-order valence-electron chi connectivity index (χ0n) is 9.64. The third-order valence-electron chi connectivity index (χ3n) is 5.34. The number of carboxylic acid groups (broad SMARTS) is 1. The second-order valence-corrected chi connectivity index (χ2v) is 6.19. The summed E-state index contributed by atoms with van der Waals surface area (Å²) in [6.07, 6.45) is 6.53. The first kappa shape index (κ1) is 10.6. The summed E-state index contributed by atoms with van der Waals surface area (Å²) < 4.78 is 0. The number of nitrogens with two attached hydrogens (primary N) is 1. The molecule has 90 valence electrons. The number of rotatable bonds is 3. The van der Waals surface area contributed by atoms with Crippen LogP contribution < -0.4 is 5.73 Å². The van der Waals surface area contributed by atoms with Gasteiger partial charge in [0.25, 0.3) is 0 Å². The molecule has 3 heteroatoms. The molecule has 4 rings (SSSR count). The van der Waals surface area contributed by atoms with Gasteiger partial charge in [0.1, 0.15) is 0 Å². The molecule has 0 aromatic carbocycles. The molecule has 0 heterocycles. The maximum Gasteiger partial charge on any atom is 0.308 e. The van der Waals surface area contributed by atoms with Gasteiger partial charge in [-0.2, -0.15) is 0 Å². The molecule has 4 fully saturated rings. The Hall–Kier alpha value is -0.570. The van der Waals surface area contributed by atoms with Gasteiger partial charge in [-0.3, -0.25) is 4.79 Å². The van der Waals surface area contributed by atoms with Crippen LogP contribution in [0.1, 0.15) is 32.1 Å². The maximum absolute atomic E-state index is 11.3. The first-order chi connectivity index (χ1) is 7.69. The van der Waals surface area contributed by atoms with Crippen LogP contribution in [-0.2, 0) is 4.79 Å². The molecule has 4 bridgehead atoms. The highest BCUT2D eigenvalue weighted by molar-refractivity contribution is 5.70. The summed E-state index contributed by atoms with van der Waals surface area (Å²) in [5, 5.41) is 9.28. The van der Waals surface area contributed by atoms with E-state index in [1.807, 2.05) is 0 Å². The van der Waals surface area contributed by atoms with Gasteiger partial charge in [0.05, 0.1) is 5.92 Å². The predicted molar refractivity (Wildman–Crippen MR) is 60.7 cm³/mol.